The Kier molecular flexibility index (Phi) is 5.49. The molecule has 0 atom stereocenters. The standard InChI is InChI=1S/C22H24N2O4/c1-5-28-19-11-10-15(12-18(19)20(25)23(4)14(2)3)13-24-21(26)16-8-6-7-9-17(16)22(24)27/h6-12,14H,5,13H2,1-4H3. The van der Waals surface area contributed by atoms with Crippen LogP contribution in [0.3, 0.4) is 0 Å². The summed E-state index contributed by atoms with van der Waals surface area (Å²) in [6.07, 6.45) is 0. The van der Waals surface area contributed by atoms with Crippen LogP contribution < -0.4 is 4.74 Å². The van der Waals surface area contributed by atoms with Crippen molar-refractivity contribution in [3.05, 3.63) is 64.7 Å². The summed E-state index contributed by atoms with van der Waals surface area (Å²) in [4.78, 5) is 40.9. The molecule has 3 rings (SSSR count). The average molecular weight is 380 g/mol. The highest BCUT2D eigenvalue weighted by Crippen LogP contribution is 2.27. The highest BCUT2D eigenvalue weighted by atomic mass is 16.5. The van der Waals surface area contributed by atoms with Crippen LogP contribution in [0.25, 0.3) is 0 Å². The molecule has 0 N–H and O–H groups in total. The first-order valence-corrected chi connectivity index (χ1v) is 9.33. The van der Waals surface area contributed by atoms with Crippen molar-refractivity contribution < 1.29 is 19.1 Å². The van der Waals surface area contributed by atoms with E-state index < -0.39 is 0 Å². The van der Waals surface area contributed by atoms with E-state index in [4.69, 9.17) is 4.74 Å². The number of rotatable bonds is 6. The third-order valence-corrected chi connectivity index (χ3v) is 4.89. The number of benzene rings is 2. The van der Waals surface area contributed by atoms with E-state index in [-0.39, 0.29) is 30.3 Å². The quantitative estimate of drug-likeness (QED) is 0.721. The molecular formula is C22H24N2O4. The van der Waals surface area contributed by atoms with Crippen molar-refractivity contribution in [1.82, 2.24) is 9.80 Å². The minimum atomic E-state index is -0.318. The van der Waals surface area contributed by atoms with Crippen molar-refractivity contribution in [3.8, 4) is 5.75 Å². The molecule has 28 heavy (non-hydrogen) atoms. The molecule has 0 aromatic heterocycles. The van der Waals surface area contributed by atoms with Gasteiger partial charge in [-0.2, -0.15) is 0 Å². The van der Waals surface area contributed by atoms with Gasteiger partial charge in [-0.3, -0.25) is 19.3 Å². The predicted octanol–water partition coefficient (Wildman–Crippen LogP) is 3.36. The van der Waals surface area contributed by atoms with Gasteiger partial charge in [0.1, 0.15) is 5.75 Å². The summed E-state index contributed by atoms with van der Waals surface area (Å²) in [6.45, 7) is 6.25. The molecule has 0 spiro atoms. The molecule has 1 aliphatic rings. The lowest BCUT2D eigenvalue weighted by molar-refractivity contribution is 0.0642. The number of imide groups is 1. The molecule has 0 bridgehead atoms. The van der Waals surface area contributed by atoms with Crippen molar-refractivity contribution in [3.63, 3.8) is 0 Å². The van der Waals surface area contributed by atoms with Gasteiger partial charge in [0.25, 0.3) is 17.7 Å². The zero-order valence-electron chi connectivity index (χ0n) is 16.6. The summed E-state index contributed by atoms with van der Waals surface area (Å²) in [7, 11) is 1.74. The lowest BCUT2D eigenvalue weighted by atomic mass is 10.1. The van der Waals surface area contributed by atoms with E-state index >= 15 is 0 Å². The summed E-state index contributed by atoms with van der Waals surface area (Å²) in [6, 6.07) is 12.0. The number of carbonyl (C=O) groups excluding carboxylic acids is 3. The van der Waals surface area contributed by atoms with E-state index in [0.717, 1.165) is 0 Å². The van der Waals surface area contributed by atoms with Crippen molar-refractivity contribution in [1.29, 1.82) is 0 Å². The van der Waals surface area contributed by atoms with Gasteiger partial charge >= 0.3 is 0 Å². The Morgan fingerprint density at radius 2 is 1.68 bits per heavy atom. The second-order valence-corrected chi connectivity index (χ2v) is 7.02. The number of fused-ring (bicyclic) bond motifs is 1. The Hall–Kier alpha value is -3.15. The highest BCUT2D eigenvalue weighted by molar-refractivity contribution is 6.21. The molecule has 1 aliphatic heterocycles. The van der Waals surface area contributed by atoms with Crippen LogP contribution in [0, 0.1) is 0 Å². The smallest absolute Gasteiger partial charge is 0.261 e. The fourth-order valence-electron chi connectivity index (χ4n) is 3.11. The van der Waals surface area contributed by atoms with Crippen LogP contribution in [0.15, 0.2) is 42.5 Å². The van der Waals surface area contributed by atoms with Crippen LogP contribution in [-0.2, 0) is 6.54 Å². The molecule has 3 amide bonds. The molecule has 2 aromatic rings. The number of carbonyl (C=O) groups is 3. The zero-order chi connectivity index (χ0) is 20.4. The molecule has 6 heteroatoms. The van der Waals surface area contributed by atoms with Gasteiger partial charge in [0.05, 0.1) is 29.8 Å². The van der Waals surface area contributed by atoms with Crippen molar-refractivity contribution >= 4 is 17.7 Å². The molecule has 0 aliphatic carbocycles. The number of nitrogens with zero attached hydrogens (tertiary/aromatic N) is 2. The third kappa shape index (κ3) is 3.50. The van der Waals surface area contributed by atoms with Gasteiger partial charge in [0.15, 0.2) is 0 Å². The highest BCUT2D eigenvalue weighted by Gasteiger charge is 2.35. The van der Waals surface area contributed by atoms with Gasteiger partial charge in [-0.1, -0.05) is 18.2 Å². The first-order chi connectivity index (χ1) is 13.3. The van der Waals surface area contributed by atoms with Crippen molar-refractivity contribution in [2.24, 2.45) is 0 Å². The van der Waals surface area contributed by atoms with Crippen LogP contribution in [0.5, 0.6) is 5.75 Å². The Bertz CT molecular complexity index is 901. The van der Waals surface area contributed by atoms with Crippen LogP contribution >= 0.6 is 0 Å². The number of ether oxygens (including phenoxy) is 1. The first-order valence-electron chi connectivity index (χ1n) is 9.33. The summed E-state index contributed by atoms with van der Waals surface area (Å²) >= 11 is 0. The van der Waals surface area contributed by atoms with E-state index in [1.165, 1.54) is 4.90 Å². The van der Waals surface area contributed by atoms with Crippen LogP contribution in [-0.4, -0.2) is 47.2 Å². The van der Waals surface area contributed by atoms with E-state index in [0.29, 0.717) is 34.6 Å². The molecule has 0 unspecified atom stereocenters. The summed E-state index contributed by atoms with van der Waals surface area (Å²) < 4.78 is 5.61. The third-order valence-electron chi connectivity index (χ3n) is 4.89. The minimum Gasteiger partial charge on any atom is -0.493 e. The Morgan fingerprint density at radius 3 is 2.21 bits per heavy atom. The van der Waals surface area contributed by atoms with Crippen LogP contribution in [0.4, 0.5) is 0 Å². The molecular weight excluding hydrogens is 356 g/mol. The van der Waals surface area contributed by atoms with Gasteiger partial charge < -0.3 is 9.64 Å². The molecule has 1 heterocycles. The number of hydrogen-bond acceptors (Lipinski definition) is 4. The van der Waals surface area contributed by atoms with Crippen LogP contribution in [0.1, 0.15) is 57.4 Å². The normalized spacial score (nSPS) is 13.1. The van der Waals surface area contributed by atoms with Gasteiger partial charge in [0, 0.05) is 13.1 Å². The average Bonchev–Trinajstić information content (AvgIpc) is 2.93. The second kappa shape index (κ2) is 7.84. The molecule has 0 saturated heterocycles. The van der Waals surface area contributed by atoms with Gasteiger partial charge in [0.2, 0.25) is 0 Å². The van der Waals surface area contributed by atoms with E-state index in [1.54, 1.807) is 54.4 Å². The maximum Gasteiger partial charge on any atom is 0.261 e. The molecule has 146 valence electrons. The first kappa shape index (κ1) is 19.6. The Balaban J connectivity index is 1.92. The predicted molar refractivity (Wildman–Crippen MR) is 105 cm³/mol. The van der Waals surface area contributed by atoms with Gasteiger partial charge in [-0.05, 0) is 50.6 Å². The Morgan fingerprint density at radius 1 is 1.07 bits per heavy atom. The van der Waals surface area contributed by atoms with Crippen LogP contribution in [0.2, 0.25) is 0 Å². The summed E-state index contributed by atoms with van der Waals surface area (Å²) in [5, 5.41) is 0. The maximum atomic E-state index is 12.9. The molecule has 0 radical (unpaired) electrons. The van der Waals surface area contributed by atoms with Gasteiger partial charge in [-0.25, -0.2) is 0 Å². The zero-order valence-corrected chi connectivity index (χ0v) is 16.6. The molecule has 6 nitrogen and oxygen atoms in total. The summed E-state index contributed by atoms with van der Waals surface area (Å²) in [5.74, 6) is -0.308. The largest absolute Gasteiger partial charge is 0.493 e. The van der Waals surface area contributed by atoms with E-state index in [2.05, 4.69) is 0 Å². The van der Waals surface area contributed by atoms with E-state index in [1.807, 2.05) is 20.8 Å². The minimum absolute atomic E-state index is 0.0295. The van der Waals surface area contributed by atoms with Crippen molar-refractivity contribution in [2.75, 3.05) is 13.7 Å². The molecule has 2 aromatic carbocycles. The fraction of sp³-hybridized carbons (Fsp3) is 0.318. The molecule has 0 fully saturated rings. The topological polar surface area (TPSA) is 66.9 Å². The van der Waals surface area contributed by atoms with Gasteiger partial charge in [-0.15, -0.1) is 0 Å². The number of hydrogen-bond donors (Lipinski definition) is 0. The van der Waals surface area contributed by atoms with Crippen molar-refractivity contribution in [2.45, 2.75) is 33.4 Å². The lowest BCUT2D eigenvalue weighted by Gasteiger charge is -2.23. The monoisotopic (exact) mass is 380 g/mol. The molecule has 0 saturated carbocycles. The van der Waals surface area contributed by atoms with E-state index in [9.17, 15) is 14.4 Å². The summed E-state index contributed by atoms with van der Waals surface area (Å²) in [5.41, 5.74) is 1.94. The lowest BCUT2D eigenvalue weighted by Crippen LogP contribution is -2.33. The fourth-order valence-corrected chi connectivity index (χ4v) is 3.11. The number of amides is 3. The SMILES string of the molecule is CCOc1ccc(CN2C(=O)c3ccccc3C2=O)cc1C(=O)N(C)C(C)C. The Labute approximate surface area is 164 Å². The second-order valence-electron chi connectivity index (χ2n) is 7.02. The maximum absolute atomic E-state index is 12.9.